The van der Waals surface area contributed by atoms with Crippen LogP contribution in [0.15, 0.2) is 70.8 Å². The van der Waals surface area contributed by atoms with E-state index in [1.54, 1.807) is 36.4 Å². The molecule has 30 heavy (non-hydrogen) atoms. The first-order chi connectivity index (χ1) is 14.3. The molecule has 0 spiro atoms. The number of anilines is 2. The van der Waals surface area contributed by atoms with Gasteiger partial charge in [-0.05, 0) is 36.4 Å². The number of nitrogens with one attached hydrogen (secondary N) is 2. The molecule has 2 heterocycles. The molecule has 3 aromatic rings. The minimum atomic E-state index is -1.29. The number of carbonyl (C=O) groups is 3. The molecule has 0 radical (unpaired) electrons. The van der Waals surface area contributed by atoms with Crippen molar-refractivity contribution in [2.24, 2.45) is 0 Å². The summed E-state index contributed by atoms with van der Waals surface area (Å²) in [7, 11) is 0. The number of hydrogen-bond acceptors (Lipinski definition) is 7. The van der Waals surface area contributed by atoms with E-state index in [4.69, 9.17) is 13.9 Å². The van der Waals surface area contributed by atoms with Crippen molar-refractivity contribution >= 4 is 40.2 Å². The van der Waals surface area contributed by atoms with Crippen molar-refractivity contribution in [3.8, 4) is 0 Å². The molecule has 8 heteroatoms. The molecule has 1 amide bonds. The molecule has 2 N–H and O–H groups in total. The topological polar surface area (TPSA) is 107 Å². The van der Waals surface area contributed by atoms with Crippen LogP contribution in [0.3, 0.4) is 0 Å². The maximum absolute atomic E-state index is 12.4. The Morgan fingerprint density at radius 3 is 2.23 bits per heavy atom. The van der Waals surface area contributed by atoms with E-state index in [1.807, 2.05) is 18.2 Å². The summed E-state index contributed by atoms with van der Waals surface area (Å²) in [6, 6.07) is 15.7. The highest BCUT2D eigenvalue weighted by Crippen LogP contribution is 2.23. The highest BCUT2D eigenvalue weighted by atomic mass is 16.7. The molecule has 0 aliphatic carbocycles. The molecule has 0 atom stereocenters. The lowest BCUT2D eigenvalue weighted by atomic mass is 10.2. The Kier molecular flexibility index (Phi) is 4.75. The largest absolute Gasteiger partial charge is 0.451 e. The summed E-state index contributed by atoms with van der Waals surface area (Å²) in [5.41, 5.74) is 1.54. The first kappa shape index (κ1) is 19.3. The number of esters is 2. The standard InChI is InChI=1S/C22H18N2O6/c1-22(2)29-20(26)16(21(27)30-22)12-23-14-7-9-15(10-8-14)24-19(25)18-11-13-5-3-4-6-17(13)28-18/h3-12,23H,1-2H3,(H,24,25). The SMILES string of the molecule is CC1(C)OC(=O)C(=CNc2ccc(NC(=O)c3cc4ccccc4o3)cc2)C(=O)O1. The van der Waals surface area contributed by atoms with Crippen LogP contribution in [0.4, 0.5) is 11.4 Å². The fourth-order valence-electron chi connectivity index (χ4n) is 2.87. The van der Waals surface area contributed by atoms with E-state index in [2.05, 4.69) is 10.6 Å². The highest BCUT2D eigenvalue weighted by molar-refractivity contribution is 6.15. The fraction of sp³-hybridized carbons (Fsp3) is 0.136. The van der Waals surface area contributed by atoms with Gasteiger partial charge in [0.15, 0.2) is 11.3 Å². The Morgan fingerprint density at radius 2 is 1.57 bits per heavy atom. The number of para-hydroxylation sites is 1. The van der Waals surface area contributed by atoms with Crippen molar-refractivity contribution in [1.29, 1.82) is 0 Å². The Morgan fingerprint density at radius 1 is 0.933 bits per heavy atom. The molecule has 0 saturated carbocycles. The van der Waals surface area contributed by atoms with E-state index < -0.39 is 17.7 Å². The Hall–Kier alpha value is -4.07. The molecule has 4 rings (SSSR count). The normalized spacial score (nSPS) is 15.3. The summed E-state index contributed by atoms with van der Waals surface area (Å²) in [6.07, 6.45) is 1.22. The zero-order chi connectivity index (χ0) is 21.3. The van der Waals surface area contributed by atoms with Gasteiger partial charge < -0.3 is 24.5 Å². The second-order valence-electron chi connectivity index (χ2n) is 7.06. The summed E-state index contributed by atoms with van der Waals surface area (Å²) in [4.78, 5) is 36.3. The third-order valence-corrected chi connectivity index (χ3v) is 4.29. The van der Waals surface area contributed by atoms with E-state index in [-0.39, 0.29) is 17.2 Å². The molecule has 152 valence electrons. The number of amides is 1. The van der Waals surface area contributed by atoms with Gasteiger partial charge in [0.25, 0.3) is 11.7 Å². The summed E-state index contributed by atoms with van der Waals surface area (Å²) >= 11 is 0. The van der Waals surface area contributed by atoms with Gasteiger partial charge in [-0.3, -0.25) is 4.79 Å². The Balaban J connectivity index is 1.41. The number of fused-ring (bicyclic) bond motifs is 1. The number of benzene rings is 2. The maximum atomic E-state index is 12.4. The van der Waals surface area contributed by atoms with Gasteiger partial charge in [-0.15, -0.1) is 0 Å². The molecule has 0 bridgehead atoms. The van der Waals surface area contributed by atoms with Crippen LogP contribution in [0.5, 0.6) is 0 Å². The molecule has 0 unspecified atom stereocenters. The van der Waals surface area contributed by atoms with Crippen LogP contribution in [-0.2, 0) is 19.1 Å². The molecule has 2 aromatic carbocycles. The second kappa shape index (κ2) is 7.40. The molecule has 1 aliphatic heterocycles. The van der Waals surface area contributed by atoms with Crippen molar-refractivity contribution < 1.29 is 28.3 Å². The van der Waals surface area contributed by atoms with Crippen LogP contribution in [-0.4, -0.2) is 23.6 Å². The van der Waals surface area contributed by atoms with Gasteiger partial charge >= 0.3 is 11.9 Å². The van der Waals surface area contributed by atoms with E-state index in [1.165, 1.54) is 20.0 Å². The Bertz CT molecular complexity index is 1120. The maximum Gasteiger partial charge on any atom is 0.350 e. The first-order valence-corrected chi connectivity index (χ1v) is 9.14. The second-order valence-corrected chi connectivity index (χ2v) is 7.06. The number of hydrogen-bond donors (Lipinski definition) is 2. The minimum absolute atomic E-state index is 0.209. The Labute approximate surface area is 171 Å². The van der Waals surface area contributed by atoms with E-state index in [9.17, 15) is 14.4 Å². The van der Waals surface area contributed by atoms with Crippen molar-refractivity contribution in [3.63, 3.8) is 0 Å². The smallest absolute Gasteiger partial charge is 0.350 e. The van der Waals surface area contributed by atoms with E-state index >= 15 is 0 Å². The van der Waals surface area contributed by atoms with E-state index in [0.717, 1.165) is 5.39 Å². The third kappa shape index (κ3) is 4.02. The molecule has 1 aromatic heterocycles. The zero-order valence-electron chi connectivity index (χ0n) is 16.2. The molecule has 1 aliphatic rings. The van der Waals surface area contributed by atoms with Crippen molar-refractivity contribution in [2.75, 3.05) is 10.6 Å². The number of rotatable bonds is 4. The van der Waals surface area contributed by atoms with Gasteiger partial charge in [0, 0.05) is 36.8 Å². The average molecular weight is 406 g/mol. The van der Waals surface area contributed by atoms with Crippen LogP contribution in [0.1, 0.15) is 24.4 Å². The van der Waals surface area contributed by atoms with Crippen LogP contribution < -0.4 is 10.6 Å². The van der Waals surface area contributed by atoms with Gasteiger partial charge in [-0.1, -0.05) is 18.2 Å². The predicted molar refractivity (Wildman–Crippen MR) is 109 cm³/mol. The molecular formula is C22H18N2O6. The van der Waals surface area contributed by atoms with Crippen LogP contribution >= 0.6 is 0 Å². The van der Waals surface area contributed by atoms with Gasteiger partial charge in [-0.2, -0.15) is 0 Å². The van der Waals surface area contributed by atoms with Gasteiger partial charge in [0.2, 0.25) is 0 Å². The highest BCUT2D eigenvalue weighted by Gasteiger charge is 2.38. The lowest BCUT2D eigenvalue weighted by Crippen LogP contribution is -2.42. The first-order valence-electron chi connectivity index (χ1n) is 9.14. The molecule has 1 fully saturated rings. The number of carbonyl (C=O) groups excluding carboxylic acids is 3. The van der Waals surface area contributed by atoms with E-state index in [0.29, 0.717) is 17.0 Å². The zero-order valence-corrected chi connectivity index (χ0v) is 16.2. The molecule has 8 nitrogen and oxygen atoms in total. The lowest BCUT2D eigenvalue weighted by molar-refractivity contribution is -0.222. The number of cyclic esters (lactones) is 2. The van der Waals surface area contributed by atoms with Crippen LogP contribution in [0.2, 0.25) is 0 Å². The minimum Gasteiger partial charge on any atom is -0.451 e. The van der Waals surface area contributed by atoms with Crippen molar-refractivity contribution in [1.82, 2.24) is 0 Å². The summed E-state index contributed by atoms with van der Waals surface area (Å²) in [5, 5.41) is 6.43. The molecular weight excluding hydrogens is 388 g/mol. The van der Waals surface area contributed by atoms with Gasteiger partial charge in [-0.25, -0.2) is 9.59 Å². The van der Waals surface area contributed by atoms with Crippen molar-refractivity contribution in [3.05, 3.63) is 72.1 Å². The summed E-state index contributed by atoms with van der Waals surface area (Å²) < 4.78 is 15.6. The monoisotopic (exact) mass is 406 g/mol. The average Bonchev–Trinajstić information content (AvgIpc) is 3.12. The third-order valence-electron chi connectivity index (χ3n) is 4.29. The van der Waals surface area contributed by atoms with Crippen LogP contribution in [0.25, 0.3) is 11.0 Å². The number of ether oxygens (including phenoxy) is 2. The van der Waals surface area contributed by atoms with Crippen LogP contribution in [0, 0.1) is 0 Å². The number of furan rings is 1. The molecule has 1 saturated heterocycles. The fourth-order valence-corrected chi connectivity index (χ4v) is 2.87. The summed E-state index contributed by atoms with van der Waals surface area (Å²) in [5.74, 6) is -2.98. The lowest BCUT2D eigenvalue weighted by Gasteiger charge is -2.29. The van der Waals surface area contributed by atoms with Crippen molar-refractivity contribution in [2.45, 2.75) is 19.6 Å². The van der Waals surface area contributed by atoms with Gasteiger partial charge in [0.1, 0.15) is 5.58 Å². The quantitative estimate of drug-likeness (QED) is 0.385. The van der Waals surface area contributed by atoms with Gasteiger partial charge in [0.05, 0.1) is 0 Å². The summed E-state index contributed by atoms with van der Waals surface area (Å²) in [6.45, 7) is 2.96. The predicted octanol–water partition coefficient (Wildman–Crippen LogP) is 3.82.